The molecule has 1 amide bonds. The largest absolute Gasteiger partial charge is 0.385 e. The third-order valence-electron chi connectivity index (χ3n) is 3.41. The van der Waals surface area contributed by atoms with Gasteiger partial charge in [-0.15, -0.1) is 0 Å². The lowest BCUT2D eigenvalue weighted by Crippen LogP contribution is -2.42. The molecule has 1 fully saturated rings. The first kappa shape index (κ1) is 15.4. The number of hydrogen-bond acceptors (Lipinski definition) is 4. The predicted molar refractivity (Wildman–Crippen MR) is 70.5 cm³/mol. The van der Waals surface area contributed by atoms with Crippen molar-refractivity contribution in [1.82, 2.24) is 10.6 Å². The number of rotatable bonds is 8. The standard InChI is InChI=1S/C13H26N2O3/c1-11(12-4-8-18-9-5-12)15-10-13(16)14-6-3-7-17-2/h11-12,15H,3-10H2,1-2H3,(H,14,16). The first-order chi connectivity index (χ1) is 8.74. The van der Waals surface area contributed by atoms with Crippen molar-refractivity contribution in [3.05, 3.63) is 0 Å². The molecule has 2 N–H and O–H groups in total. The number of amides is 1. The van der Waals surface area contributed by atoms with Gasteiger partial charge in [-0.25, -0.2) is 0 Å². The lowest BCUT2D eigenvalue weighted by molar-refractivity contribution is -0.120. The molecule has 18 heavy (non-hydrogen) atoms. The molecule has 1 heterocycles. The third-order valence-corrected chi connectivity index (χ3v) is 3.41. The quantitative estimate of drug-likeness (QED) is 0.624. The van der Waals surface area contributed by atoms with Crippen LogP contribution >= 0.6 is 0 Å². The molecule has 0 saturated carbocycles. The highest BCUT2D eigenvalue weighted by atomic mass is 16.5. The van der Waals surface area contributed by atoms with Gasteiger partial charge >= 0.3 is 0 Å². The SMILES string of the molecule is COCCCNC(=O)CNC(C)C1CCOCC1. The maximum atomic E-state index is 11.6. The van der Waals surface area contributed by atoms with Crippen LogP contribution in [-0.4, -0.2) is 52.0 Å². The molecule has 1 atom stereocenters. The number of nitrogens with one attached hydrogen (secondary N) is 2. The molecule has 0 bridgehead atoms. The Morgan fingerprint density at radius 2 is 2.17 bits per heavy atom. The van der Waals surface area contributed by atoms with Crippen LogP contribution in [0.5, 0.6) is 0 Å². The zero-order valence-corrected chi connectivity index (χ0v) is 11.5. The van der Waals surface area contributed by atoms with Gasteiger partial charge in [0, 0.05) is 39.5 Å². The van der Waals surface area contributed by atoms with E-state index in [1.54, 1.807) is 7.11 Å². The summed E-state index contributed by atoms with van der Waals surface area (Å²) in [7, 11) is 1.67. The van der Waals surface area contributed by atoms with Crippen LogP contribution in [0, 0.1) is 5.92 Å². The minimum absolute atomic E-state index is 0.0602. The average molecular weight is 258 g/mol. The van der Waals surface area contributed by atoms with Crippen LogP contribution in [0.25, 0.3) is 0 Å². The first-order valence-electron chi connectivity index (χ1n) is 6.80. The Hall–Kier alpha value is -0.650. The zero-order valence-electron chi connectivity index (χ0n) is 11.5. The van der Waals surface area contributed by atoms with E-state index in [-0.39, 0.29) is 5.91 Å². The van der Waals surface area contributed by atoms with Gasteiger partial charge in [0.2, 0.25) is 5.91 Å². The summed E-state index contributed by atoms with van der Waals surface area (Å²) in [5.41, 5.74) is 0. The van der Waals surface area contributed by atoms with Crippen LogP contribution in [0.2, 0.25) is 0 Å². The number of carbonyl (C=O) groups is 1. The Kier molecular flexibility index (Phi) is 7.96. The molecule has 0 aromatic heterocycles. The van der Waals surface area contributed by atoms with E-state index < -0.39 is 0 Å². The summed E-state index contributed by atoms with van der Waals surface area (Å²) >= 11 is 0. The number of methoxy groups -OCH3 is 1. The second-order valence-electron chi connectivity index (χ2n) is 4.82. The Labute approximate surface area is 110 Å². The van der Waals surface area contributed by atoms with Gasteiger partial charge in [0.15, 0.2) is 0 Å². The van der Waals surface area contributed by atoms with Gasteiger partial charge in [0.1, 0.15) is 0 Å². The summed E-state index contributed by atoms with van der Waals surface area (Å²) in [5, 5.41) is 6.16. The summed E-state index contributed by atoms with van der Waals surface area (Å²) in [6, 6.07) is 0.374. The number of hydrogen-bond donors (Lipinski definition) is 2. The van der Waals surface area contributed by atoms with E-state index in [2.05, 4.69) is 17.6 Å². The van der Waals surface area contributed by atoms with Crippen molar-refractivity contribution in [2.45, 2.75) is 32.2 Å². The van der Waals surface area contributed by atoms with Gasteiger partial charge in [-0.1, -0.05) is 0 Å². The minimum Gasteiger partial charge on any atom is -0.385 e. The van der Waals surface area contributed by atoms with E-state index in [0.717, 1.165) is 32.5 Å². The van der Waals surface area contributed by atoms with Crippen molar-refractivity contribution in [1.29, 1.82) is 0 Å². The molecular weight excluding hydrogens is 232 g/mol. The monoisotopic (exact) mass is 258 g/mol. The lowest BCUT2D eigenvalue weighted by Gasteiger charge is -2.28. The maximum absolute atomic E-state index is 11.6. The Bertz CT molecular complexity index is 230. The van der Waals surface area contributed by atoms with Crippen molar-refractivity contribution < 1.29 is 14.3 Å². The fourth-order valence-electron chi connectivity index (χ4n) is 2.14. The van der Waals surface area contributed by atoms with Crippen LogP contribution in [0.4, 0.5) is 0 Å². The number of ether oxygens (including phenoxy) is 2. The van der Waals surface area contributed by atoms with Crippen molar-refractivity contribution >= 4 is 5.91 Å². The fourth-order valence-corrected chi connectivity index (χ4v) is 2.14. The summed E-state index contributed by atoms with van der Waals surface area (Å²) in [5.74, 6) is 0.685. The highest BCUT2D eigenvalue weighted by Crippen LogP contribution is 2.18. The molecule has 0 aromatic rings. The first-order valence-corrected chi connectivity index (χ1v) is 6.80. The molecule has 0 radical (unpaired) electrons. The summed E-state index contributed by atoms with van der Waals surface area (Å²) in [4.78, 5) is 11.6. The summed E-state index contributed by atoms with van der Waals surface area (Å²) in [6.45, 7) is 5.60. The van der Waals surface area contributed by atoms with E-state index in [1.165, 1.54) is 0 Å². The molecule has 1 saturated heterocycles. The highest BCUT2D eigenvalue weighted by molar-refractivity contribution is 5.77. The van der Waals surface area contributed by atoms with Crippen LogP contribution < -0.4 is 10.6 Å². The molecule has 1 aliphatic heterocycles. The third kappa shape index (κ3) is 6.33. The molecule has 1 aliphatic rings. The fraction of sp³-hybridized carbons (Fsp3) is 0.923. The molecule has 0 spiro atoms. The van der Waals surface area contributed by atoms with Gasteiger partial charge in [0.25, 0.3) is 0 Å². The van der Waals surface area contributed by atoms with E-state index >= 15 is 0 Å². The van der Waals surface area contributed by atoms with Gasteiger partial charge in [-0.05, 0) is 32.1 Å². The summed E-state index contributed by atoms with van der Waals surface area (Å²) < 4.78 is 10.3. The van der Waals surface area contributed by atoms with E-state index in [9.17, 15) is 4.79 Å². The molecular formula is C13H26N2O3. The Morgan fingerprint density at radius 3 is 2.83 bits per heavy atom. The minimum atomic E-state index is 0.0602. The topological polar surface area (TPSA) is 59.6 Å². The predicted octanol–water partition coefficient (Wildman–Crippen LogP) is 0.544. The van der Waals surface area contributed by atoms with Crippen LogP contribution in [0.15, 0.2) is 0 Å². The molecule has 0 aliphatic carbocycles. The second-order valence-corrected chi connectivity index (χ2v) is 4.82. The Balaban J connectivity index is 2.05. The van der Waals surface area contributed by atoms with Crippen LogP contribution in [0.1, 0.15) is 26.2 Å². The molecule has 1 rings (SSSR count). The maximum Gasteiger partial charge on any atom is 0.233 e. The van der Waals surface area contributed by atoms with E-state index in [4.69, 9.17) is 9.47 Å². The van der Waals surface area contributed by atoms with E-state index in [0.29, 0.717) is 31.7 Å². The van der Waals surface area contributed by atoms with Crippen molar-refractivity contribution in [2.75, 3.05) is 40.0 Å². The molecule has 106 valence electrons. The van der Waals surface area contributed by atoms with E-state index in [1.807, 2.05) is 0 Å². The van der Waals surface area contributed by atoms with Crippen LogP contribution in [0.3, 0.4) is 0 Å². The highest BCUT2D eigenvalue weighted by Gasteiger charge is 2.20. The normalized spacial score (nSPS) is 18.6. The van der Waals surface area contributed by atoms with Crippen molar-refractivity contribution in [3.8, 4) is 0 Å². The van der Waals surface area contributed by atoms with Crippen molar-refractivity contribution in [2.24, 2.45) is 5.92 Å². The number of carbonyl (C=O) groups excluding carboxylic acids is 1. The molecule has 5 nitrogen and oxygen atoms in total. The van der Waals surface area contributed by atoms with Gasteiger partial charge in [-0.2, -0.15) is 0 Å². The average Bonchev–Trinajstić information content (AvgIpc) is 2.42. The Morgan fingerprint density at radius 1 is 1.44 bits per heavy atom. The molecule has 1 unspecified atom stereocenters. The van der Waals surface area contributed by atoms with Gasteiger partial charge < -0.3 is 20.1 Å². The van der Waals surface area contributed by atoms with Crippen molar-refractivity contribution in [3.63, 3.8) is 0 Å². The van der Waals surface area contributed by atoms with Gasteiger partial charge in [-0.3, -0.25) is 4.79 Å². The van der Waals surface area contributed by atoms with Gasteiger partial charge in [0.05, 0.1) is 6.54 Å². The zero-order chi connectivity index (χ0) is 13.2. The second kappa shape index (κ2) is 9.30. The smallest absolute Gasteiger partial charge is 0.233 e. The van der Waals surface area contributed by atoms with Crippen LogP contribution in [-0.2, 0) is 14.3 Å². The summed E-state index contributed by atoms with van der Waals surface area (Å²) in [6.07, 6.45) is 3.03. The molecule has 5 heteroatoms. The molecule has 0 aromatic carbocycles. The lowest BCUT2D eigenvalue weighted by atomic mass is 9.93.